The fraction of sp³-hybridized carbons (Fsp3) is 0.458. The minimum atomic E-state index is -0.469. The predicted octanol–water partition coefficient (Wildman–Crippen LogP) is 4.33. The molecule has 2 N–H and O–H groups in total. The number of ether oxygens (including phenoxy) is 1. The standard InChI is InChI=1S/C24H29BrN4O2/c25-21-9-5-8-20-23(21)29(22-10-3-4-13-31-22)27-24(20)26-14-19(30)16-28-12-11-17-6-1-2-7-18(17)15-28/h1-2,5-9,19,22,30H,3-4,10-16H2,(H,26,27)/t19-,22?/m0/s1. The molecule has 2 aliphatic rings. The number of aliphatic hydroxyl groups is 1. The van der Waals surface area contributed by atoms with Crippen LogP contribution in [0.25, 0.3) is 10.9 Å². The second kappa shape index (κ2) is 9.28. The van der Waals surface area contributed by atoms with Crippen molar-refractivity contribution in [3.05, 3.63) is 58.1 Å². The van der Waals surface area contributed by atoms with Crippen molar-refractivity contribution < 1.29 is 9.84 Å². The summed E-state index contributed by atoms with van der Waals surface area (Å²) in [6, 6.07) is 14.7. The maximum Gasteiger partial charge on any atom is 0.156 e. The fourth-order valence-electron chi connectivity index (χ4n) is 4.69. The van der Waals surface area contributed by atoms with E-state index in [0.717, 1.165) is 66.6 Å². The molecule has 5 rings (SSSR count). The smallest absolute Gasteiger partial charge is 0.156 e. The highest BCUT2D eigenvalue weighted by Gasteiger charge is 2.23. The number of nitrogens with one attached hydrogen (secondary N) is 1. The first-order chi connectivity index (χ1) is 15.2. The Morgan fingerprint density at radius 1 is 1.16 bits per heavy atom. The number of fused-ring (bicyclic) bond motifs is 2. The fourth-order valence-corrected chi connectivity index (χ4v) is 5.24. The minimum absolute atomic E-state index is 0.0381. The van der Waals surface area contributed by atoms with E-state index in [1.165, 1.54) is 11.1 Å². The molecular formula is C24H29BrN4O2. The Kier molecular flexibility index (Phi) is 6.27. The molecule has 0 radical (unpaired) electrons. The summed E-state index contributed by atoms with van der Waals surface area (Å²) in [5.74, 6) is 0.800. The Morgan fingerprint density at radius 3 is 2.87 bits per heavy atom. The van der Waals surface area contributed by atoms with E-state index >= 15 is 0 Å². The van der Waals surface area contributed by atoms with Crippen molar-refractivity contribution in [2.45, 2.75) is 44.6 Å². The lowest BCUT2D eigenvalue weighted by Gasteiger charge is -2.30. The highest BCUT2D eigenvalue weighted by atomic mass is 79.9. The second-order valence-corrected chi connectivity index (χ2v) is 9.39. The SMILES string of the molecule is O[C@@H](CNc1nn(C2CCCCO2)c2c(Br)cccc12)CN1CCc2ccccc2C1. The number of hydrogen-bond acceptors (Lipinski definition) is 5. The predicted molar refractivity (Wildman–Crippen MR) is 126 cm³/mol. The molecular weight excluding hydrogens is 456 g/mol. The molecule has 1 fully saturated rings. The molecule has 1 aromatic heterocycles. The van der Waals surface area contributed by atoms with Gasteiger partial charge in [0.25, 0.3) is 0 Å². The number of benzene rings is 2. The van der Waals surface area contributed by atoms with Crippen LogP contribution in [-0.2, 0) is 17.7 Å². The molecule has 0 aliphatic carbocycles. The van der Waals surface area contributed by atoms with Gasteiger partial charge in [-0.25, -0.2) is 4.68 Å². The van der Waals surface area contributed by atoms with Crippen LogP contribution in [0.2, 0.25) is 0 Å². The van der Waals surface area contributed by atoms with Crippen molar-refractivity contribution in [3.8, 4) is 0 Å². The number of rotatable bonds is 6. The van der Waals surface area contributed by atoms with Gasteiger partial charge in [0.2, 0.25) is 0 Å². The van der Waals surface area contributed by atoms with E-state index in [2.05, 4.69) is 56.5 Å². The molecule has 3 aromatic rings. The summed E-state index contributed by atoms with van der Waals surface area (Å²) in [6.07, 6.45) is 3.76. The molecule has 6 nitrogen and oxygen atoms in total. The molecule has 1 unspecified atom stereocenters. The van der Waals surface area contributed by atoms with Gasteiger partial charge in [-0.15, -0.1) is 0 Å². The Morgan fingerprint density at radius 2 is 2.03 bits per heavy atom. The first kappa shape index (κ1) is 20.9. The van der Waals surface area contributed by atoms with Crippen molar-refractivity contribution in [2.24, 2.45) is 0 Å². The summed E-state index contributed by atoms with van der Waals surface area (Å²) >= 11 is 3.69. The first-order valence-corrected chi connectivity index (χ1v) is 12.0. The van der Waals surface area contributed by atoms with Crippen LogP contribution < -0.4 is 5.32 Å². The van der Waals surface area contributed by atoms with Gasteiger partial charge in [-0.3, -0.25) is 4.90 Å². The molecule has 2 aromatic carbocycles. The summed E-state index contributed by atoms with van der Waals surface area (Å²) < 4.78 is 8.99. The van der Waals surface area contributed by atoms with E-state index < -0.39 is 6.10 Å². The number of para-hydroxylation sites is 1. The number of β-amino-alcohol motifs (C(OH)–C–C–N with tert-alkyl or cyclic N) is 1. The van der Waals surface area contributed by atoms with Crippen molar-refractivity contribution in [1.29, 1.82) is 0 Å². The molecule has 2 aliphatic heterocycles. The van der Waals surface area contributed by atoms with Crippen LogP contribution in [0, 0.1) is 0 Å². The third kappa shape index (κ3) is 4.51. The van der Waals surface area contributed by atoms with E-state index in [9.17, 15) is 5.11 Å². The quantitative estimate of drug-likeness (QED) is 0.545. The molecule has 0 saturated carbocycles. The number of anilines is 1. The molecule has 0 spiro atoms. The van der Waals surface area contributed by atoms with Gasteiger partial charge < -0.3 is 15.2 Å². The topological polar surface area (TPSA) is 62.6 Å². The van der Waals surface area contributed by atoms with Gasteiger partial charge in [-0.2, -0.15) is 5.10 Å². The van der Waals surface area contributed by atoms with Crippen LogP contribution in [0.1, 0.15) is 36.6 Å². The number of aliphatic hydroxyl groups excluding tert-OH is 1. The lowest BCUT2D eigenvalue weighted by Crippen LogP contribution is -2.39. The van der Waals surface area contributed by atoms with Crippen molar-refractivity contribution >= 4 is 32.7 Å². The summed E-state index contributed by atoms with van der Waals surface area (Å²) in [5, 5.41) is 20.0. The lowest BCUT2D eigenvalue weighted by molar-refractivity contribution is -0.0365. The van der Waals surface area contributed by atoms with Gasteiger partial charge in [-0.05, 0) is 64.9 Å². The van der Waals surface area contributed by atoms with Gasteiger partial charge in [0.15, 0.2) is 12.0 Å². The second-order valence-electron chi connectivity index (χ2n) is 8.54. The Bertz CT molecular complexity index is 1050. The van der Waals surface area contributed by atoms with Crippen LogP contribution in [0.15, 0.2) is 46.9 Å². The monoisotopic (exact) mass is 484 g/mol. The van der Waals surface area contributed by atoms with E-state index in [4.69, 9.17) is 9.84 Å². The Labute approximate surface area is 191 Å². The number of aromatic nitrogens is 2. The molecule has 2 atom stereocenters. The van der Waals surface area contributed by atoms with Crippen LogP contribution in [0.5, 0.6) is 0 Å². The normalized spacial score (nSPS) is 20.5. The molecule has 0 bridgehead atoms. The van der Waals surface area contributed by atoms with Gasteiger partial charge in [0.05, 0.1) is 11.6 Å². The van der Waals surface area contributed by atoms with Crippen LogP contribution >= 0.6 is 15.9 Å². The molecule has 0 amide bonds. The van der Waals surface area contributed by atoms with Gasteiger partial charge >= 0.3 is 0 Å². The molecule has 1 saturated heterocycles. The summed E-state index contributed by atoms with van der Waals surface area (Å²) in [6.45, 7) is 3.77. The Hall–Kier alpha value is -1.93. The average molecular weight is 485 g/mol. The highest BCUT2D eigenvalue weighted by molar-refractivity contribution is 9.10. The van der Waals surface area contributed by atoms with Crippen LogP contribution in [-0.4, -0.2) is 52.1 Å². The largest absolute Gasteiger partial charge is 0.390 e. The average Bonchev–Trinajstić information content (AvgIpc) is 3.18. The maximum absolute atomic E-state index is 10.7. The number of halogens is 1. The van der Waals surface area contributed by atoms with Crippen molar-refractivity contribution in [2.75, 3.05) is 31.6 Å². The molecule has 164 valence electrons. The molecule has 3 heterocycles. The third-order valence-electron chi connectivity index (χ3n) is 6.29. The molecule has 7 heteroatoms. The lowest BCUT2D eigenvalue weighted by atomic mass is 10.00. The zero-order valence-corrected chi connectivity index (χ0v) is 19.2. The van der Waals surface area contributed by atoms with Crippen molar-refractivity contribution in [1.82, 2.24) is 14.7 Å². The molecule has 31 heavy (non-hydrogen) atoms. The minimum Gasteiger partial charge on any atom is -0.390 e. The van der Waals surface area contributed by atoms with E-state index in [0.29, 0.717) is 13.1 Å². The number of hydrogen-bond donors (Lipinski definition) is 2. The van der Waals surface area contributed by atoms with Crippen LogP contribution in [0.4, 0.5) is 5.82 Å². The number of nitrogens with zero attached hydrogens (tertiary/aromatic N) is 3. The summed E-state index contributed by atoms with van der Waals surface area (Å²) in [7, 11) is 0. The third-order valence-corrected chi connectivity index (χ3v) is 6.93. The highest BCUT2D eigenvalue weighted by Crippen LogP contribution is 2.34. The Balaban J connectivity index is 1.27. The van der Waals surface area contributed by atoms with Gasteiger partial charge in [-0.1, -0.05) is 30.3 Å². The zero-order valence-electron chi connectivity index (χ0n) is 17.6. The van der Waals surface area contributed by atoms with E-state index in [1.54, 1.807) is 0 Å². The van der Waals surface area contributed by atoms with E-state index in [1.807, 2.05) is 16.8 Å². The zero-order chi connectivity index (χ0) is 21.2. The van der Waals surface area contributed by atoms with Gasteiger partial charge in [0, 0.05) is 42.6 Å². The van der Waals surface area contributed by atoms with E-state index in [-0.39, 0.29) is 6.23 Å². The summed E-state index contributed by atoms with van der Waals surface area (Å²) in [5.41, 5.74) is 3.84. The summed E-state index contributed by atoms with van der Waals surface area (Å²) in [4.78, 5) is 2.33. The van der Waals surface area contributed by atoms with Crippen LogP contribution in [0.3, 0.4) is 0 Å². The van der Waals surface area contributed by atoms with Crippen molar-refractivity contribution in [3.63, 3.8) is 0 Å². The first-order valence-electron chi connectivity index (χ1n) is 11.2. The maximum atomic E-state index is 10.7. The van der Waals surface area contributed by atoms with Gasteiger partial charge in [0.1, 0.15) is 0 Å².